The summed E-state index contributed by atoms with van der Waals surface area (Å²) in [7, 11) is 0. The van der Waals surface area contributed by atoms with Crippen molar-refractivity contribution in [2.75, 3.05) is 19.8 Å². The molecule has 0 radical (unpaired) electrons. The summed E-state index contributed by atoms with van der Waals surface area (Å²) in [6, 6.07) is 0.683. The lowest BCUT2D eigenvalue weighted by molar-refractivity contribution is -0.179. The van der Waals surface area contributed by atoms with Gasteiger partial charge < -0.3 is 14.8 Å². The summed E-state index contributed by atoms with van der Waals surface area (Å²) >= 11 is 0. The lowest BCUT2D eigenvalue weighted by Crippen LogP contribution is -2.42. The molecule has 0 atom stereocenters. The van der Waals surface area contributed by atoms with Crippen molar-refractivity contribution in [3.8, 4) is 0 Å². The van der Waals surface area contributed by atoms with E-state index in [-0.39, 0.29) is 5.79 Å². The van der Waals surface area contributed by atoms with Crippen molar-refractivity contribution < 1.29 is 9.47 Å². The molecule has 106 valence electrons. The van der Waals surface area contributed by atoms with Gasteiger partial charge in [-0.1, -0.05) is 26.7 Å². The van der Waals surface area contributed by atoms with Crippen LogP contribution in [0.4, 0.5) is 0 Å². The van der Waals surface area contributed by atoms with Crippen LogP contribution in [-0.2, 0) is 9.47 Å². The molecule has 1 heterocycles. The molecule has 0 bridgehead atoms. The molecule has 0 aromatic heterocycles. The Balaban J connectivity index is 1.54. The molecule has 2 aliphatic rings. The number of ether oxygens (including phenoxy) is 2. The second kappa shape index (κ2) is 6.88. The second-order valence-electron chi connectivity index (χ2n) is 6.23. The fourth-order valence-electron chi connectivity index (χ4n) is 3.03. The van der Waals surface area contributed by atoms with Gasteiger partial charge in [0.15, 0.2) is 5.79 Å². The first kappa shape index (κ1) is 14.3. The fourth-order valence-corrected chi connectivity index (χ4v) is 3.03. The van der Waals surface area contributed by atoms with Crippen molar-refractivity contribution >= 4 is 0 Å². The van der Waals surface area contributed by atoms with Crippen LogP contribution in [-0.4, -0.2) is 31.6 Å². The molecule has 3 heteroatoms. The van der Waals surface area contributed by atoms with E-state index >= 15 is 0 Å². The van der Waals surface area contributed by atoms with Gasteiger partial charge in [-0.2, -0.15) is 0 Å². The highest BCUT2D eigenvalue weighted by molar-refractivity contribution is 4.85. The van der Waals surface area contributed by atoms with Crippen LogP contribution < -0.4 is 5.32 Å². The highest BCUT2D eigenvalue weighted by Crippen LogP contribution is 2.35. The maximum atomic E-state index is 5.75. The van der Waals surface area contributed by atoms with Gasteiger partial charge in [-0.3, -0.25) is 0 Å². The predicted octanol–water partition coefficient (Wildman–Crippen LogP) is 3.09. The van der Waals surface area contributed by atoms with E-state index in [1.165, 1.54) is 38.6 Å². The molecule has 0 unspecified atom stereocenters. The third-order valence-corrected chi connectivity index (χ3v) is 4.20. The molecule has 18 heavy (non-hydrogen) atoms. The minimum Gasteiger partial charge on any atom is -0.348 e. The van der Waals surface area contributed by atoms with E-state index in [2.05, 4.69) is 19.2 Å². The van der Waals surface area contributed by atoms with Crippen LogP contribution in [0.5, 0.6) is 0 Å². The Morgan fingerprint density at radius 3 is 2.39 bits per heavy atom. The summed E-state index contributed by atoms with van der Waals surface area (Å²) in [6.45, 7) is 7.35. The number of hydrogen-bond donors (Lipinski definition) is 1. The van der Waals surface area contributed by atoms with Gasteiger partial charge >= 0.3 is 0 Å². The first-order valence-electron chi connectivity index (χ1n) is 7.71. The first-order chi connectivity index (χ1) is 8.70. The third-order valence-electron chi connectivity index (χ3n) is 4.20. The summed E-state index contributed by atoms with van der Waals surface area (Å²) in [5.41, 5.74) is 0. The number of hydrogen-bond acceptors (Lipinski definition) is 3. The molecule has 2 fully saturated rings. The normalized spacial score (nSPS) is 24.2. The molecule has 1 aliphatic heterocycles. The maximum Gasteiger partial charge on any atom is 0.168 e. The summed E-state index contributed by atoms with van der Waals surface area (Å²) in [5.74, 6) is 0.645. The van der Waals surface area contributed by atoms with Crippen molar-refractivity contribution in [2.45, 2.75) is 70.6 Å². The molecule has 1 saturated carbocycles. The monoisotopic (exact) mass is 255 g/mol. The molecular weight excluding hydrogens is 226 g/mol. The standard InChI is InChI=1S/C15H29NO2/c1-13(2)5-3-4-10-16-14-6-8-15(9-7-14)17-11-12-18-15/h13-14,16H,3-12H2,1-2H3. The molecule has 1 saturated heterocycles. The lowest BCUT2D eigenvalue weighted by atomic mass is 9.90. The van der Waals surface area contributed by atoms with Gasteiger partial charge in [-0.25, -0.2) is 0 Å². The quantitative estimate of drug-likeness (QED) is 0.740. The molecule has 1 aliphatic carbocycles. The highest BCUT2D eigenvalue weighted by atomic mass is 16.7. The largest absolute Gasteiger partial charge is 0.348 e. The maximum absolute atomic E-state index is 5.75. The number of rotatable bonds is 6. The van der Waals surface area contributed by atoms with Gasteiger partial charge in [0.2, 0.25) is 0 Å². The number of unbranched alkanes of at least 4 members (excludes halogenated alkanes) is 1. The molecule has 0 aromatic carbocycles. The molecule has 1 spiro atoms. The number of nitrogens with one attached hydrogen (secondary N) is 1. The van der Waals surface area contributed by atoms with Gasteiger partial charge in [0, 0.05) is 18.9 Å². The van der Waals surface area contributed by atoms with Crippen LogP contribution in [0.25, 0.3) is 0 Å². The Morgan fingerprint density at radius 1 is 1.11 bits per heavy atom. The van der Waals surface area contributed by atoms with E-state index in [0.717, 1.165) is 32.0 Å². The van der Waals surface area contributed by atoms with E-state index in [4.69, 9.17) is 9.47 Å². The van der Waals surface area contributed by atoms with Crippen LogP contribution in [0.15, 0.2) is 0 Å². The predicted molar refractivity (Wildman–Crippen MR) is 73.6 cm³/mol. The lowest BCUT2D eigenvalue weighted by Gasteiger charge is -2.35. The van der Waals surface area contributed by atoms with Crippen LogP contribution in [0.3, 0.4) is 0 Å². The summed E-state index contributed by atoms with van der Waals surface area (Å²) in [6.07, 6.45) is 8.55. The minimum atomic E-state index is -0.199. The zero-order chi connectivity index (χ0) is 12.8. The Hall–Kier alpha value is -0.120. The van der Waals surface area contributed by atoms with Crippen LogP contribution in [0, 0.1) is 5.92 Å². The Labute approximate surface area is 112 Å². The van der Waals surface area contributed by atoms with Gasteiger partial charge in [-0.05, 0) is 31.7 Å². The Bertz CT molecular complexity index is 227. The Morgan fingerprint density at radius 2 is 1.78 bits per heavy atom. The zero-order valence-corrected chi connectivity index (χ0v) is 12.0. The summed E-state index contributed by atoms with van der Waals surface area (Å²) < 4.78 is 11.5. The van der Waals surface area contributed by atoms with E-state index in [1.807, 2.05) is 0 Å². The molecule has 1 N–H and O–H groups in total. The van der Waals surface area contributed by atoms with E-state index in [0.29, 0.717) is 6.04 Å². The molecule has 0 aromatic rings. The third kappa shape index (κ3) is 4.22. The average Bonchev–Trinajstić information content (AvgIpc) is 2.80. The van der Waals surface area contributed by atoms with Crippen molar-refractivity contribution in [2.24, 2.45) is 5.92 Å². The van der Waals surface area contributed by atoms with E-state index in [1.54, 1.807) is 0 Å². The van der Waals surface area contributed by atoms with Crippen molar-refractivity contribution in [3.05, 3.63) is 0 Å². The van der Waals surface area contributed by atoms with E-state index in [9.17, 15) is 0 Å². The summed E-state index contributed by atoms with van der Waals surface area (Å²) in [4.78, 5) is 0. The van der Waals surface area contributed by atoms with Gasteiger partial charge in [0.05, 0.1) is 13.2 Å². The summed E-state index contributed by atoms with van der Waals surface area (Å²) in [5, 5.41) is 3.69. The topological polar surface area (TPSA) is 30.5 Å². The average molecular weight is 255 g/mol. The van der Waals surface area contributed by atoms with Crippen molar-refractivity contribution in [1.82, 2.24) is 5.32 Å². The Kier molecular flexibility index (Phi) is 5.46. The van der Waals surface area contributed by atoms with Crippen LogP contribution >= 0.6 is 0 Å². The molecule has 2 rings (SSSR count). The minimum absolute atomic E-state index is 0.199. The highest BCUT2D eigenvalue weighted by Gasteiger charge is 2.39. The second-order valence-corrected chi connectivity index (χ2v) is 6.23. The first-order valence-corrected chi connectivity index (χ1v) is 7.71. The van der Waals surface area contributed by atoms with Crippen molar-refractivity contribution in [3.63, 3.8) is 0 Å². The fraction of sp³-hybridized carbons (Fsp3) is 1.00. The van der Waals surface area contributed by atoms with Crippen LogP contribution in [0.1, 0.15) is 58.8 Å². The van der Waals surface area contributed by atoms with Crippen molar-refractivity contribution in [1.29, 1.82) is 0 Å². The van der Waals surface area contributed by atoms with Gasteiger partial charge in [0.25, 0.3) is 0 Å². The zero-order valence-electron chi connectivity index (χ0n) is 12.0. The van der Waals surface area contributed by atoms with Gasteiger partial charge in [-0.15, -0.1) is 0 Å². The molecule has 0 amide bonds. The smallest absolute Gasteiger partial charge is 0.168 e. The van der Waals surface area contributed by atoms with E-state index < -0.39 is 0 Å². The molecular formula is C15H29NO2. The SMILES string of the molecule is CC(C)CCCCNC1CCC2(CC1)OCCO2. The van der Waals surface area contributed by atoms with Gasteiger partial charge in [0.1, 0.15) is 0 Å². The molecule has 3 nitrogen and oxygen atoms in total. The van der Waals surface area contributed by atoms with Crippen LogP contribution in [0.2, 0.25) is 0 Å².